The summed E-state index contributed by atoms with van der Waals surface area (Å²) in [4.78, 5) is 6.47. The van der Waals surface area contributed by atoms with E-state index in [0.29, 0.717) is 28.1 Å². The molecular formula is C18H18ClN3O2. The Morgan fingerprint density at radius 2 is 2.08 bits per heavy atom. The highest BCUT2D eigenvalue weighted by atomic mass is 35.5. The number of halogens is 1. The Morgan fingerprint density at radius 3 is 2.79 bits per heavy atom. The second-order valence-corrected chi connectivity index (χ2v) is 6.05. The van der Waals surface area contributed by atoms with Crippen molar-refractivity contribution < 1.29 is 9.47 Å². The Labute approximate surface area is 146 Å². The van der Waals surface area contributed by atoms with Crippen molar-refractivity contribution >= 4 is 11.6 Å². The molecule has 1 aromatic carbocycles. The second-order valence-electron chi connectivity index (χ2n) is 5.64. The number of nitrogens with zero attached hydrogens (tertiary/aromatic N) is 3. The third-order valence-electron chi connectivity index (χ3n) is 3.99. The van der Waals surface area contributed by atoms with Gasteiger partial charge in [0.25, 0.3) is 0 Å². The summed E-state index contributed by atoms with van der Waals surface area (Å²) in [6.07, 6.45) is 2.45. The van der Waals surface area contributed by atoms with Gasteiger partial charge in [0, 0.05) is 30.3 Å². The molecule has 124 valence electrons. The Balaban J connectivity index is 1.84. The lowest BCUT2D eigenvalue weighted by atomic mass is 10.1. The van der Waals surface area contributed by atoms with E-state index in [9.17, 15) is 0 Å². The summed E-state index contributed by atoms with van der Waals surface area (Å²) in [6, 6.07) is 10.6. The fourth-order valence-electron chi connectivity index (χ4n) is 2.80. The first-order chi connectivity index (χ1) is 11.7. The van der Waals surface area contributed by atoms with E-state index in [0.717, 1.165) is 25.2 Å². The van der Waals surface area contributed by atoms with Gasteiger partial charge in [-0.05, 0) is 32.0 Å². The first-order valence-electron chi connectivity index (χ1n) is 7.83. The average Bonchev–Trinajstić information content (AvgIpc) is 3.10. The number of pyridine rings is 1. The van der Waals surface area contributed by atoms with E-state index in [1.54, 1.807) is 37.4 Å². The Morgan fingerprint density at radius 1 is 1.29 bits per heavy atom. The number of rotatable bonds is 5. The van der Waals surface area contributed by atoms with Gasteiger partial charge in [0.05, 0.1) is 12.1 Å². The lowest BCUT2D eigenvalue weighted by Gasteiger charge is -2.19. The third-order valence-corrected chi connectivity index (χ3v) is 4.33. The molecule has 0 atom stereocenters. The van der Waals surface area contributed by atoms with Crippen molar-refractivity contribution in [1.29, 1.82) is 5.26 Å². The number of hydrogen-bond donors (Lipinski definition) is 0. The summed E-state index contributed by atoms with van der Waals surface area (Å²) in [6.45, 7) is 2.94. The Hall–Kier alpha value is -2.29. The van der Waals surface area contributed by atoms with Crippen LogP contribution in [0.2, 0.25) is 5.02 Å². The number of nitriles is 1. The topological polar surface area (TPSA) is 58.4 Å². The number of aromatic nitrogens is 1. The zero-order chi connectivity index (χ0) is 16.9. The highest BCUT2D eigenvalue weighted by molar-refractivity contribution is 6.31. The predicted molar refractivity (Wildman–Crippen MR) is 91.5 cm³/mol. The molecule has 0 spiro atoms. The van der Waals surface area contributed by atoms with Gasteiger partial charge >= 0.3 is 0 Å². The molecule has 6 heteroatoms. The minimum atomic E-state index is 0.302. The van der Waals surface area contributed by atoms with Crippen molar-refractivity contribution in [2.24, 2.45) is 0 Å². The van der Waals surface area contributed by atoms with Crippen LogP contribution >= 0.6 is 11.6 Å². The van der Waals surface area contributed by atoms with Gasteiger partial charge in [-0.2, -0.15) is 5.26 Å². The van der Waals surface area contributed by atoms with Crippen LogP contribution in [-0.2, 0) is 6.54 Å². The molecule has 1 aliphatic rings. The molecule has 0 aliphatic carbocycles. The van der Waals surface area contributed by atoms with Crippen LogP contribution in [0.1, 0.15) is 24.1 Å². The van der Waals surface area contributed by atoms with E-state index in [2.05, 4.69) is 9.88 Å². The van der Waals surface area contributed by atoms with Crippen molar-refractivity contribution in [2.75, 3.05) is 20.2 Å². The molecule has 0 saturated carbocycles. The first-order valence-corrected chi connectivity index (χ1v) is 8.21. The van der Waals surface area contributed by atoms with E-state index in [1.807, 2.05) is 6.07 Å². The zero-order valence-corrected chi connectivity index (χ0v) is 14.2. The maximum atomic E-state index is 8.91. The van der Waals surface area contributed by atoms with Crippen LogP contribution in [-0.4, -0.2) is 30.1 Å². The SMILES string of the molecule is COc1cc(Oc2cccc(C#N)n2)cc(Cl)c1CN1CCCC1. The molecular weight excluding hydrogens is 326 g/mol. The van der Waals surface area contributed by atoms with E-state index < -0.39 is 0 Å². The molecule has 1 aliphatic heterocycles. The molecule has 1 saturated heterocycles. The molecule has 3 rings (SSSR count). The molecule has 0 radical (unpaired) electrons. The summed E-state index contributed by atoms with van der Waals surface area (Å²) >= 11 is 6.46. The van der Waals surface area contributed by atoms with E-state index in [-0.39, 0.29) is 0 Å². The normalized spacial score (nSPS) is 14.4. The summed E-state index contributed by atoms with van der Waals surface area (Å²) < 4.78 is 11.2. The Bertz CT molecular complexity index is 767. The highest BCUT2D eigenvalue weighted by Gasteiger charge is 2.18. The third kappa shape index (κ3) is 3.78. The van der Waals surface area contributed by atoms with Crippen LogP contribution in [0.4, 0.5) is 0 Å². The van der Waals surface area contributed by atoms with Crippen LogP contribution in [0.3, 0.4) is 0 Å². The van der Waals surface area contributed by atoms with Crippen molar-refractivity contribution in [3.8, 4) is 23.4 Å². The minimum Gasteiger partial charge on any atom is -0.496 e. The van der Waals surface area contributed by atoms with Gasteiger partial charge in [-0.25, -0.2) is 4.98 Å². The maximum Gasteiger partial charge on any atom is 0.220 e. The molecule has 0 amide bonds. The number of likely N-dealkylation sites (tertiary alicyclic amines) is 1. The molecule has 1 aromatic heterocycles. The van der Waals surface area contributed by atoms with E-state index in [1.165, 1.54) is 12.8 Å². The van der Waals surface area contributed by atoms with Crippen molar-refractivity contribution in [2.45, 2.75) is 19.4 Å². The lowest BCUT2D eigenvalue weighted by molar-refractivity contribution is 0.320. The standard InChI is InChI=1S/C18H18ClN3O2/c1-23-17-10-14(24-18-6-4-5-13(11-20)21-18)9-16(19)15(17)12-22-7-2-3-8-22/h4-6,9-10H,2-3,7-8,12H2,1H3. The number of hydrogen-bond acceptors (Lipinski definition) is 5. The lowest BCUT2D eigenvalue weighted by Crippen LogP contribution is -2.19. The van der Waals surface area contributed by atoms with Gasteiger partial charge in [0.2, 0.25) is 5.88 Å². The fraction of sp³-hybridized carbons (Fsp3) is 0.333. The molecule has 0 N–H and O–H groups in total. The van der Waals surface area contributed by atoms with Gasteiger partial charge in [-0.1, -0.05) is 17.7 Å². The average molecular weight is 344 g/mol. The van der Waals surface area contributed by atoms with Gasteiger partial charge in [-0.15, -0.1) is 0 Å². The zero-order valence-electron chi connectivity index (χ0n) is 13.5. The van der Waals surface area contributed by atoms with Crippen molar-refractivity contribution in [3.63, 3.8) is 0 Å². The molecule has 2 aromatic rings. The van der Waals surface area contributed by atoms with E-state index >= 15 is 0 Å². The molecule has 0 unspecified atom stereocenters. The summed E-state index contributed by atoms with van der Waals surface area (Å²) in [5, 5.41) is 9.52. The molecule has 0 bridgehead atoms. The maximum absolute atomic E-state index is 8.91. The van der Waals surface area contributed by atoms with E-state index in [4.69, 9.17) is 26.3 Å². The van der Waals surface area contributed by atoms with Crippen molar-refractivity contribution in [1.82, 2.24) is 9.88 Å². The minimum absolute atomic E-state index is 0.302. The monoisotopic (exact) mass is 343 g/mol. The molecule has 24 heavy (non-hydrogen) atoms. The van der Waals surface area contributed by atoms with Crippen LogP contribution in [0.25, 0.3) is 0 Å². The smallest absolute Gasteiger partial charge is 0.220 e. The van der Waals surface area contributed by atoms with Crippen LogP contribution in [0.5, 0.6) is 17.4 Å². The van der Waals surface area contributed by atoms with Gasteiger partial charge in [0.1, 0.15) is 23.3 Å². The number of methoxy groups -OCH3 is 1. The number of ether oxygens (including phenoxy) is 2. The second kappa shape index (κ2) is 7.52. The van der Waals surface area contributed by atoms with Gasteiger partial charge in [0.15, 0.2) is 0 Å². The van der Waals surface area contributed by atoms with Gasteiger partial charge < -0.3 is 9.47 Å². The van der Waals surface area contributed by atoms with Crippen LogP contribution < -0.4 is 9.47 Å². The highest BCUT2D eigenvalue weighted by Crippen LogP contribution is 2.35. The van der Waals surface area contributed by atoms with Crippen molar-refractivity contribution in [3.05, 3.63) is 46.6 Å². The van der Waals surface area contributed by atoms with Gasteiger partial charge in [-0.3, -0.25) is 4.90 Å². The summed E-state index contributed by atoms with van der Waals surface area (Å²) in [7, 11) is 1.62. The summed E-state index contributed by atoms with van der Waals surface area (Å²) in [5.74, 6) is 1.57. The fourth-order valence-corrected chi connectivity index (χ4v) is 3.06. The largest absolute Gasteiger partial charge is 0.496 e. The quantitative estimate of drug-likeness (QED) is 0.821. The number of benzene rings is 1. The Kier molecular flexibility index (Phi) is 5.19. The predicted octanol–water partition coefficient (Wildman–Crippen LogP) is 4.00. The molecule has 1 fully saturated rings. The first kappa shape index (κ1) is 16.6. The molecule has 2 heterocycles. The van der Waals surface area contributed by atoms with Crippen LogP contribution in [0, 0.1) is 11.3 Å². The summed E-state index contributed by atoms with van der Waals surface area (Å²) in [5.41, 5.74) is 1.27. The van der Waals surface area contributed by atoms with Crippen LogP contribution in [0.15, 0.2) is 30.3 Å². The molecule has 5 nitrogen and oxygen atoms in total.